The fraction of sp³-hybridized carbons (Fsp3) is 0.533. The molecule has 1 heterocycles. The lowest BCUT2D eigenvalue weighted by atomic mass is 10.2. The first-order valence-corrected chi connectivity index (χ1v) is 10.6. The second-order valence-corrected chi connectivity index (χ2v) is 8.59. The smallest absolute Gasteiger partial charge is 0.341 e. The minimum absolute atomic E-state index is 0.0364. The number of thioether (sulfide) groups is 1. The first-order chi connectivity index (χ1) is 11.8. The van der Waals surface area contributed by atoms with Gasteiger partial charge in [-0.3, -0.25) is 4.79 Å². The van der Waals surface area contributed by atoms with Crippen LogP contribution < -0.4 is 16.0 Å². The summed E-state index contributed by atoms with van der Waals surface area (Å²) < 4.78 is 48.8. The molecule has 1 aromatic carbocycles. The predicted molar refractivity (Wildman–Crippen MR) is 96.2 cm³/mol. The van der Waals surface area contributed by atoms with E-state index in [1.165, 1.54) is 6.07 Å². The summed E-state index contributed by atoms with van der Waals surface area (Å²) in [4.78, 5) is 11.7. The second-order valence-electron chi connectivity index (χ2n) is 5.52. The summed E-state index contributed by atoms with van der Waals surface area (Å²) >= 11 is 1.75. The Kier molecular flexibility index (Phi) is 7.03. The number of nitrogens with one attached hydrogen (secondary N) is 3. The molecule has 1 aliphatic rings. The Morgan fingerprint density at radius 2 is 2.16 bits per heavy atom. The van der Waals surface area contributed by atoms with Crippen molar-refractivity contribution in [2.24, 2.45) is 0 Å². The van der Waals surface area contributed by atoms with Crippen LogP contribution >= 0.6 is 11.8 Å². The van der Waals surface area contributed by atoms with Gasteiger partial charge < -0.3 is 16.0 Å². The monoisotopic (exact) mass is 393 g/mol. The van der Waals surface area contributed by atoms with Crippen molar-refractivity contribution in [3.8, 4) is 0 Å². The molecule has 2 rings (SSSR count). The van der Waals surface area contributed by atoms with E-state index < -0.39 is 20.5 Å². The SMILES string of the molecule is CCNc1ccc(S(=O)(=O)C(F)F)cc1NC(=O)CC1CSCCN1. The van der Waals surface area contributed by atoms with E-state index in [1.54, 1.807) is 11.8 Å². The van der Waals surface area contributed by atoms with Gasteiger partial charge in [-0.05, 0) is 25.1 Å². The maximum atomic E-state index is 12.7. The van der Waals surface area contributed by atoms with Crippen molar-refractivity contribution in [1.82, 2.24) is 5.32 Å². The van der Waals surface area contributed by atoms with Crippen LogP contribution in [-0.2, 0) is 14.6 Å². The van der Waals surface area contributed by atoms with Gasteiger partial charge in [0, 0.05) is 37.1 Å². The van der Waals surface area contributed by atoms with E-state index >= 15 is 0 Å². The molecule has 1 atom stereocenters. The molecular weight excluding hydrogens is 372 g/mol. The molecule has 0 saturated carbocycles. The van der Waals surface area contributed by atoms with Gasteiger partial charge in [-0.15, -0.1) is 0 Å². The number of benzene rings is 1. The van der Waals surface area contributed by atoms with Crippen molar-refractivity contribution in [3.05, 3.63) is 18.2 Å². The first-order valence-electron chi connectivity index (χ1n) is 7.85. The lowest BCUT2D eigenvalue weighted by molar-refractivity contribution is -0.116. The van der Waals surface area contributed by atoms with Crippen LogP contribution in [0.5, 0.6) is 0 Å². The van der Waals surface area contributed by atoms with Crippen LogP contribution in [-0.4, -0.2) is 50.7 Å². The van der Waals surface area contributed by atoms with E-state index in [-0.39, 0.29) is 24.1 Å². The van der Waals surface area contributed by atoms with Gasteiger partial charge in [-0.1, -0.05) is 0 Å². The molecule has 10 heteroatoms. The summed E-state index contributed by atoms with van der Waals surface area (Å²) in [6.07, 6.45) is 0.227. The third-order valence-corrected chi connectivity index (χ3v) is 6.14. The lowest BCUT2D eigenvalue weighted by Gasteiger charge is -2.23. The molecular formula is C15H21F2N3O3S2. The lowest BCUT2D eigenvalue weighted by Crippen LogP contribution is -2.39. The third-order valence-electron chi connectivity index (χ3n) is 3.63. The molecule has 3 N–H and O–H groups in total. The average Bonchev–Trinajstić information content (AvgIpc) is 2.57. The molecule has 140 valence electrons. The Labute approximate surface area is 150 Å². The first kappa shape index (κ1) is 19.9. The minimum Gasteiger partial charge on any atom is -0.384 e. The standard InChI is InChI=1S/C15H21F2N3O3S2/c1-2-18-12-4-3-11(25(22,23)15(16)17)8-13(12)20-14(21)7-10-9-24-6-5-19-10/h3-4,8,10,15,18-19H,2,5-7,9H2,1H3,(H,20,21). The molecule has 1 amide bonds. The maximum Gasteiger partial charge on any atom is 0.341 e. The van der Waals surface area contributed by atoms with E-state index in [0.29, 0.717) is 12.2 Å². The zero-order chi connectivity index (χ0) is 18.4. The van der Waals surface area contributed by atoms with Gasteiger partial charge in [0.1, 0.15) is 0 Å². The zero-order valence-corrected chi connectivity index (χ0v) is 15.4. The molecule has 1 aliphatic heterocycles. The second kappa shape index (κ2) is 8.81. The maximum absolute atomic E-state index is 12.7. The van der Waals surface area contributed by atoms with Gasteiger partial charge in [-0.25, -0.2) is 8.42 Å². The molecule has 0 radical (unpaired) electrons. The molecule has 25 heavy (non-hydrogen) atoms. The van der Waals surface area contributed by atoms with Crippen LogP contribution in [0.1, 0.15) is 13.3 Å². The van der Waals surface area contributed by atoms with Crippen molar-refractivity contribution in [3.63, 3.8) is 0 Å². The summed E-state index contributed by atoms with van der Waals surface area (Å²) in [5.41, 5.74) is 0.659. The van der Waals surface area contributed by atoms with Gasteiger partial charge in [0.05, 0.1) is 16.3 Å². The van der Waals surface area contributed by atoms with E-state index in [4.69, 9.17) is 0 Å². The van der Waals surface area contributed by atoms with Gasteiger partial charge in [0.2, 0.25) is 15.7 Å². The predicted octanol–water partition coefficient (Wildman–Crippen LogP) is 2.15. The van der Waals surface area contributed by atoms with Gasteiger partial charge in [0.15, 0.2) is 0 Å². The number of rotatable bonds is 7. The van der Waals surface area contributed by atoms with Gasteiger partial charge in [0.25, 0.3) is 0 Å². The van der Waals surface area contributed by atoms with E-state index in [0.717, 1.165) is 30.2 Å². The topological polar surface area (TPSA) is 87.3 Å². The molecule has 6 nitrogen and oxygen atoms in total. The van der Waals surface area contributed by atoms with Crippen LogP contribution in [0, 0.1) is 0 Å². The average molecular weight is 393 g/mol. The summed E-state index contributed by atoms with van der Waals surface area (Å²) in [6.45, 7) is 3.19. The number of halogens is 2. The Hall–Kier alpha value is -1.39. The van der Waals surface area contributed by atoms with E-state index in [2.05, 4.69) is 16.0 Å². The number of amides is 1. The van der Waals surface area contributed by atoms with Crippen molar-refractivity contribution in [2.45, 2.75) is 30.0 Å². The Morgan fingerprint density at radius 3 is 2.76 bits per heavy atom. The molecule has 1 unspecified atom stereocenters. The largest absolute Gasteiger partial charge is 0.384 e. The number of alkyl halides is 2. The minimum atomic E-state index is -4.72. The summed E-state index contributed by atoms with van der Waals surface area (Å²) in [5.74, 6) is -2.00. The van der Waals surface area contributed by atoms with Crippen LogP contribution in [0.25, 0.3) is 0 Å². The van der Waals surface area contributed by atoms with E-state index in [1.807, 2.05) is 6.92 Å². The highest BCUT2D eigenvalue weighted by atomic mass is 32.2. The number of anilines is 2. The number of carbonyl (C=O) groups excluding carboxylic acids is 1. The fourth-order valence-electron chi connectivity index (χ4n) is 2.43. The van der Waals surface area contributed by atoms with Crippen LogP contribution in [0.2, 0.25) is 0 Å². The Balaban J connectivity index is 2.19. The van der Waals surface area contributed by atoms with Crippen molar-refractivity contribution >= 4 is 38.9 Å². The van der Waals surface area contributed by atoms with Gasteiger partial charge in [-0.2, -0.15) is 20.5 Å². The molecule has 1 aromatic rings. The number of carbonyl (C=O) groups is 1. The number of sulfone groups is 1. The van der Waals surface area contributed by atoms with Crippen LogP contribution in [0.15, 0.2) is 23.1 Å². The molecule has 0 aromatic heterocycles. The number of hydrogen-bond donors (Lipinski definition) is 3. The van der Waals surface area contributed by atoms with E-state index in [9.17, 15) is 22.0 Å². The molecule has 0 spiro atoms. The molecule has 0 aliphatic carbocycles. The number of hydrogen-bond acceptors (Lipinski definition) is 6. The molecule has 1 fully saturated rings. The highest BCUT2D eigenvalue weighted by Crippen LogP contribution is 2.28. The highest BCUT2D eigenvalue weighted by Gasteiger charge is 2.27. The highest BCUT2D eigenvalue weighted by molar-refractivity contribution is 7.99. The molecule has 1 saturated heterocycles. The van der Waals surface area contributed by atoms with Crippen molar-refractivity contribution < 1.29 is 22.0 Å². The third kappa shape index (κ3) is 5.29. The normalized spacial score (nSPS) is 18.2. The van der Waals surface area contributed by atoms with Crippen LogP contribution in [0.4, 0.5) is 20.2 Å². The Morgan fingerprint density at radius 1 is 1.40 bits per heavy atom. The van der Waals surface area contributed by atoms with Crippen molar-refractivity contribution in [1.29, 1.82) is 0 Å². The zero-order valence-electron chi connectivity index (χ0n) is 13.7. The van der Waals surface area contributed by atoms with Crippen molar-refractivity contribution in [2.75, 3.05) is 35.2 Å². The quantitative estimate of drug-likeness (QED) is 0.658. The van der Waals surface area contributed by atoms with Crippen LogP contribution in [0.3, 0.4) is 0 Å². The fourth-order valence-corrected chi connectivity index (χ4v) is 4.12. The Bertz CT molecular complexity index is 708. The summed E-state index contributed by atoms with van der Waals surface area (Å²) in [5, 5.41) is 8.84. The summed E-state index contributed by atoms with van der Waals surface area (Å²) in [7, 11) is -4.72. The van der Waals surface area contributed by atoms with Gasteiger partial charge >= 0.3 is 5.76 Å². The molecule has 0 bridgehead atoms. The summed E-state index contributed by atoms with van der Waals surface area (Å²) in [6, 6.07) is 3.59.